The average molecular weight is 579 g/mol. The van der Waals surface area contributed by atoms with Crippen LogP contribution in [0.1, 0.15) is 37.7 Å². The molecule has 220 valence electrons. The highest BCUT2D eigenvalue weighted by Crippen LogP contribution is 2.19. The van der Waals surface area contributed by atoms with Crippen molar-refractivity contribution in [2.75, 3.05) is 18.6 Å². The van der Waals surface area contributed by atoms with Gasteiger partial charge >= 0.3 is 11.9 Å². The second-order valence-corrected chi connectivity index (χ2v) is 10.3. The van der Waals surface area contributed by atoms with E-state index in [0.29, 0.717) is 37.1 Å². The molecule has 0 radical (unpaired) electrons. The Morgan fingerprint density at radius 3 is 2.23 bits per heavy atom. The third-order valence-corrected chi connectivity index (χ3v) is 6.92. The van der Waals surface area contributed by atoms with Gasteiger partial charge in [0.25, 0.3) is 0 Å². The molecule has 0 saturated carbocycles. The molecular weight excluding hydrogens is 540 g/mol. The second kappa shape index (κ2) is 16.5. The van der Waals surface area contributed by atoms with E-state index in [1.165, 1.54) is 11.8 Å². The zero-order chi connectivity index (χ0) is 29.7. The second-order valence-electron chi connectivity index (χ2n) is 9.36. The first kappa shape index (κ1) is 32.6. The van der Waals surface area contributed by atoms with Crippen LogP contribution in [0, 0.1) is 0 Å². The van der Waals surface area contributed by atoms with E-state index >= 15 is 0 Å². The van der Waals surface area contributed by atoms with E-state index in [4.69, 9.17) is 11.5 Å². The number of rotatable bonds is 18. The number of unbranched alkanes of at least 4 members (excludes halogenated alkanes) is 1. The minimum Gasteiger partial charge on any atom is -0.481 e. The lowest BCUT2D eigenvalue weighted by atomic mass is 10.0. The molecule has 0 aliphatic heterocycles. The minimum absolute atomic E-state index is 0.0137. The van der Waals surface area contributed by atoms with Crippen LogP contribution < -0.4 is 27.4 Å². The fraction of sp³-hybridized carbons (Fsp3) is 0.500. The molecule has 4 atom stereocenters. The number of para-hydroxylation sites is 1. The molecule has 14 heteroatoms. The van der Waals surface area contributed by atoms with Crippen molar-refractivity contribution in [1.82, 2.24) is 20.9 Å². The molecule has 0 fully saturated rings. The zero-order valence-corrected chi connectivity index (χ0v) is 23.2. The number of nitrogens with one attached hydrogen (secondary N) is 4. The van der Waals surface area contributed by atoms with Crippen molar-refractivity contribution in [1.29, 1.82) is 0 Å². The number of carbonyl (C=O) groups is 5. The van der Waals surface area contributed by atoms with E-state index in [1.54, 1.807) is 6.20 Å². The van der Waals surface area contributed by atoms with Crippen LogP contribution in [0.25, 0.3) is 10.9 Å². The minimum atomic E-state index is -1.49. The van der Waals surface area contributed by atoms with Crippen LogP contribution in [0.3, 0.4) is 0 Å². The van der Waals surface area contributed by atoms with Crippen LogP contribution >= 0.6 is 11.8 Å². The van der Waals surface area contributed by atoms with E-state index in [9.17, 15) is 34.2 Å². The Hall–Kier alpha value is -3.62. The normalized spacial score (nSPS) is 14.1. The van der Waals surface area contributed by atoms with Gasteiger partial charge in [-0.2, -0.15) is 11.8 Å². The molecule has 13 nitrogen and oxygen atoms in total. The number of amides is 3. The molecule has 1 aromatic carbocycles. The third-order valence-electron chi connectivity index (χ3n) is 6.27. The van der Waals surface area contributed by atoms with Gasteiger partial charge in [-0.3, -0.25) is 19.2 Å². The molecule has 2 aromatic rings. The van der Waals surface area contributed by atoms with Crippen molar-refractivity contribution in [3.8, 4) is 0 Å². The highest BCUT2D eigenvalue weighted by molar-refractivity contribution is 7.98. The van der Waals surface area contributed by atoms with Gasteiger partial charge in [-0.1, -0.05) is 18.2 Å². The number of thioether (sulfide) groups is 1. The molecule has 2 rings (SSSR count). The van der Waals surface area contributed by atoms with Crippen LogP contribution in [0.2, 0.25) is 0 Å². The Morgan fingerprint density at radius 1 is 0.925 bits per heavy atom. The van der Waals surface area contributed by atoms with E-state index in [-0.39, 0.29) is 12.8 Å². The largest absolute Gasteiger partial charge is 0.481 e. The maximum atomic E-state index is 13.2. The Kier molecular flexibility index (Phi) is 13.4. The summed E-state index contributed by atoms with van der Waals surface area (Å²) in [6.45, 7) is 0.340. The molecule has 10 N–H and O–H groups in total. The molecule has 3 amide bonds. The number of carbonyl (C=O) groups excluding carboxylic acids is 3. The van der Waals surface area contributed by atoms with Crippen LogP contribution in [0.15, 0.2) is 30.5 Å². The summed E-state index contributed by atoms with van der Waals surface area (Å²) in [7, 11) is 0. The Morgan fingerprint density at radius 2 is 1.57 bits per heavy atom. The highest BCUT2D eigenvalue weighted by Gasteiger charge is 2.31. The summed E-state index contributed by atoms with van der Waals surface area (Å²) in [5.41, 5.74) is 12.9. The SMILES string of the molecule is CSCCC(N)C(=O)NC(CC(=O)O)C(=O)NC(CCCCN)C(=O)NC(Cc1c[nH]c2ccccc12)C(=O)O. The number of nitrogens with two attached hydrogens (primary N) is 2. The number of H-pyrrole nitrogens is 1. The smallest absolute Gasteiger partial charge is 0.326 e. The lowest BCUT2D eigenvalue weighted by Crippen LogP contribution is -2.57. The first-order valence-corrected chi connectivity index (χ1v) is 14.3. The van der Waals surface area contributed by atoms with E-state index in [2.05, 4.69) is 20.9 Å². The van der Waals surface area contributed by atoms with Gasteiger partial charge in [0, 0.05) is 23.5 Å². The summed E-state index contributed by atoms with van der Waals surface area (Å²) in [5.74, 6) is -4.35. The molecule has 0 aliphatic carbocycles. The highest BCUT2D eigenvalue weighted by atomic mass is 32.2. The van der Waals surface area contributed by atoms with Crippen molar-refractivity contribution >= 4 is 52.3 Å². The Balaban J connectivity index is 2.17. The summed E-state index contributed by atoms with van der Waals surface area (Å²) in [6.07, 6.45) is 4.19. The van der Waals surface area contributed by atoms with Gasteiger partial charge in [0.05, 0.1) is 12.5 Å². The number of carboxylic acid groups (broad SMARTS) is 2. The Bertz CT molecular complexity index is 1170. The van der Waals surface area contributed by atoms with Crippen LogP contribution in [-0.2, 0) is 30.4 Å². The lowest BCUT2D eigenvalue weighted by molar-refractivity contribution is -0.143. The summed E-state index contributed by atoms with van der Waals surface area (Å²) in [4.78, 5) is 65.3. The van der Waals surface area contributed by atoms with Crippen LogP contribution in [0.5, 0.6) is 0 Å². The predicted octanol–water partition coefficient (Wildman–Crippen LogP) is -0.0665. The maximum Gasteiger partial charge on any atom is 0.326 e. The van der Waals surface area contributed by atoms with Gasteiger partial charge in [-0.25, -0.2) is 4.79 Å². The first-order valence-electron chi connectivity index (χ1n) is 12.9. The molecular formula is C26H38N6O7S. The van der Waals surface area contributed by atoms with Crippen molar-refractivity contribution in [3.05, 3.63) is 36.0 Å². The quantitative estimate of drug-likeness (QED) is 0.110. The molecule has 1 aromatic heterocycles. The number of carboxylic acids is 2. The van der Waals surface area contributed by atoms with E-state index in [1.807, 2.05) is 30.5 Å². The molecule has 4 unspecified atom stereocenters. The van der Waals surface area contributed by atoms with Crippen molar-refractivity contribution in [3.63, 3.8) is 0 Å². The van der Waals surface area contributed by atoms with Gasteiger partial charge in [0.2, 0.25) is 17.7 Å². The summed E-state index contributed by atoms with van der Waals surface area (Å²) in [6, 6.07) is 2.41. The third kappa shape index (κ3) is 10.2. The number of aromatic amines is 1. The average Bonchev–Trinajstić information content (AvgIpc) is 3.32. The van der Waals surface area contributed by atoms with E-state index < -0.39 is 60.2 Å². The summed E-state index contributed by atoms with van der Waals surface area (Å²) >= 11 is 1.48. The van der Waals surface area contributed by atoms with Gasteiger partial charge in [-0.05, 0) is 55.9 Å². The van der Waals surface area contributed by atoms with Gasteiger partial charge in [0.1, 0.15) is 18.1 Å². The zero-order valence-electron chi connectivity index (χ0n) is 22.4. The van der Waals surface area contributed by atoms with E-state index in [0.717, 1.165) is 10.9 Å². The molecule has 1 heterocycles. The number of aromatic nitrogens is 1. The number of fused-ring (bicyclic) bond motifs is 1. The van der Waals surface area contributed by atoms with Crippen molar-refractivity contribution < 1.29 is 34.2 Å². The fourth-order valence-corrected chi connectivity index (χ4v) is 4.55. The van der Waals surface area contributed by atoms with Gasteiger partial charge in [-0.15, -0.1) is 0 Å². The van der Waals surface area contributed by atoms with Crippen molar-refractivity contribution in [2.24, 2.45) is 11.5 Å². The molecule has 0 saturated heterocycles. The van der Waals surface area contributed by atoms with Crippen LogP contribution in [0.4, 0.5) is 0 Å². The summed E-state index contributed by atoms with van der Waals surface area (Å²) < 4.78 is 0. The van der Waals surface area contributed by atoms with Gasteiger partial charge < -0.3 is 42.6 Å². The molecule has 0 aliphatic rings. The summed E-state index contributed by atoms with van der Waals surface area (Å²) in [5, 5.41) is 27.3. The Labute approximate surface area is 236 Å². The predicted molar refractivity (Wildman–Crippen MR) is 152 cm³/mol. The number of hydrogen-bond donors (Lipinski definition) is 8. The van der Waals surface area contributed by atoms with Gasteiger partial charge in [0.15, 0.2) is 0 Å². The number of benzene rings is 1. The van der Waals surface area contributed by atoms with Crippen molar-refractivity contribution in [2.45, 2.75) is 62.7 Å². The molecule has 0 bridgehead atoms. The lowest BCUT2D eigenvalue weighted by Gasteiger charge is -2.24. The molecule has 40 heavy (non-hydrogen) atoms. The van der Waals surface area contributed by atoms with Crippen LogP contribution in [-0.4, -0.2) is 87.6 Å². The standard InChI is InChI=1S/C26H38N6O7S/c1-40-11-9-17(28)23(35)31-20(13-22(33)34)25(37)30-19(8-4-5-10-27)24(36)32-21(26(38)39)12-15-14-29-18-7-3-2-6-16(15)18/h2-3,6-7,14,17,19-21,29H,4-5,8-13,27-28H2,1H3,(H,30,37)(H,31,35)(H,32,36)(H,33,34)(H,38,39). The number of aliphatic carboxylic acids is 2. The topological polar surface area (TPSA) is 230 Å². The fourth-order valence-electron chi connectivity index (χ4n) is 4.07. The molecule has 0 spiro atoms. The number of hydrogen-bond acceptors (Lipinski definition) is 8. The first-order chi connectivity index (χ1) is 19.1. The maximum absolute atomic E-state index is 13.2. The monoisotopic (exact) mass is 578 g/mol.